The molecule has 1 aliphatic heterocycles. The molecule has 0 radical (unpaired) electrons. The Morgan fingerprint density at radius 1 is 1.04 bits per heavy atom. The first-order valence-electron chi connectivity index (χ1n) is 9.07. The standard InChI is InChI=1S/C21H27BN2O3/c1-14-11-16(22-26-20(2,3)21(4,5)27-22)7-10-19(14)24-13-15-12-17(25-6)8-9-18(15)23/h7-13H,23H2,1-6H3. The lowest BCUT2D eigenvalue weighted by molar-refractivity contribution is 0.00578. The molecule has 27 heavy (non-hydrogen) atoms. The number of methoxy groups -OCH3 is 1. The number of nitrogens with two attached hydrogens (primary N) is 1. The third-order valence-corrected chi connectivity index (χ3v) is 5.38. The Bertz CT molecular complexity index is 862. The van der Waals surface area contributed by atoms with E-state index in [9.17, 15) is 0 Å². The van der Waals surface area contributed by atoms with Gasteiger partial charge >= 0.3 is 7.12 Å². The fourth-order valence-electron chi connectivity index (χ4n) is 2.88. The van der Waals surface area contributed by atoms with Gasteiger partial charge in [-0.2, -0.15) is 0 Å². The van der Waals surface area contributed by atoms with Crippen LogP contribution in [0.15, 0.2) is 41.4 Å². The predicted octanol–water partition coefficient (Wildman–Crippen LogP) is 3.64. The van der Waals surface area contributed by atoms with Crippen molar-refractivity contribution in [2.24, 2.45) is 4.99 Å². The normalized spacial score (nSPS) is 18.2. The van der Waals surface area contributed by atoms with E-state index in [1.54, 1.807) is 13.3 Å². The van der Waals surface area contributed by atoms with Gasteiger partial charge in [0, 0.05) is 17.5 Å². The first kappa shape index (κ1) is 19.5. The summed E-state index contributed by atoms with van der Waals surface area (Å²) >= 11 is 0. The number of aryl methyl sites for hydroxylation is 1. The van der Waals surface area contributed by atoms with Gasteiger partial charge in [-0.1, -0.05) is 12.1 Å². The van der Waals surface area contributed by atoms with Crippen molar-refractivity contribution in [3.05, 3.63) is 47.5 Å². The summed E-state index contributed by atoms with van der Waals surface area (Å²) in [5.41, 5.74) is 9.70. The summed E-state index contributed by atoms with van der Waals surface area (Å²) in [6, 6.07) is 11.5. The highest BCUT2D eigenvalue weighted by atomic mass is 16.7. The third-order valence-electron chi connectivity index (χ3n) is 5.38. The van der Waals surface area contributed by atoms with Gasteiger partial charge in [0.05, 0.1) is 24.0 Å². The number of ether oxygens (including phenoxy) is 1. The molecule has 0 aliphatic carbocycles. The molecule has 5 nitrogen and oxygen atoms in total. The molecule has 1 fully saturated rings. The highest BCUT2D eigenvalue weighted by molar-refractivity contribution is 6.62. The molecular formula is C21H27BN2O3. The van der Waals surface area contributed by atoms with Crippen molar-refractivity contribution < 1.29 is 14.0 Å². The molecule has 2 aromatic rings. The van der Waals surface area contributed by atoms with Gasteiger partial charge in [-0.05, 0) is 69.9 Å². The highest BCUT2D eigenvalue weighted by Gasteiger charge is 2.51. The van der Waals surface area contributed by atoms with Gasteiger partial charge in [0.25, 0.3) is 0 Å². The maximum absolute atomic E-state index is 6.12. The molecule has 0 unspecified atom stereocenters. The van der Waals surface area contributed by atoms with Crippen molar-refractivity contribution in [2.45, 2.75) is 45.8 Å². The number of rotatable bonds is 4. The maximum atomic E-state index is 6.12. The minimum atomic E-state index is -0.374. The molecule has 1 heterocycles. The molecule has 0 saturated carbocycles. The van der Waals surface area contributed by atoms with Crippen LogP contribution in [0.1, 0.15) is 38.8 Å². The summed E-state index contributed by atoms with van der Waals surface area (Å²) in [7, 11) is 1.26. The Labute approximate surface area is 161 Å². The largest absolute Gasteiger partial charge is 0.497 e. The van der Waals surface area contributed by atoms with Gasteiger partial charge in [-0.3, -0.25) is 4.99 Å². The Kier molecular flexibility index (Phi) is 5.06. The lowest BCUT2D eigenvalue weighted by Crippen LogP contribution is -2.41. The van der Waals surface area contributed by atoms with Gasteiger partial charge in [-0.15, -0.1) is 0 Å². The monoisotopic (exact) mass is 366 g/mol. The van der Waals surface area contributed by atoms with Gasteiger partial charge < -0.3 is 19.8 Å². The van der Waals surface area contributed by atoms with E-state index in [2.05, 4.69) is 38.8 Å². The molecule has 0 atom stereocenters. The van der Waals surface area contributed by atoms with Gasteiger partial charge in [0.2, 0.25) is 0 Å². The second-order valence-corrected chi connectivity index (χ2v) is 7.89. The van der Waals surface area contributed by atoms with Crippen LogP contribution in [0.25, 0.3) is 0 Å². The lowest BCUT2D eigenvalue weighted by atomic mass is 9.78. The number of hydrogen-bond acceptors (Lipinski definition) is 5. The molecule has 0 aromatic heterocycles. The van der Waals surface area contributed by atoms with Crippen molar-refractivity contribution in [2.75, 3.05) is 12.8 Å². The lowest BCUT2D eigenvalue weighted by Gasteiger charge is -2.32. The van der Waals surface area contributed by atoms with Crippen molar-refractivity contribution in [3.8, 4) is 5.75 Å². The second-order valence-electron chi connectivity index (χ2n) is 7.89. The molecule has 2 aromatic carbocycles. The Morgan fingerprint density at radius 3 is 2.30 bits per heavy atom. The highest BCUT2D eigenvalue weighted by Crippen LogP contribution is 2.36. The van der Waals surface area contributed by atoms with Crippen molar-refractivity contribution in [1.29, 1.82) is 0 Å². The number of nitrogens with zero attached hydrogens (tertiary/aromatic N) is 1. The third kappa shape index (κ3) is 3.87. The first-order valence-corrected chi connectivity index (χ1v) is 9.07. The molecule has 1 aliphatic rings. The van der Waals surface area contributed by atoms with Crippen LogP contribution in [-0.2, 0) is 9.31 Å². The Balaban J connectivity index is 1.82. The predicted molar refractivity (Wildman–Crippen MR) is 112 cm³/mol. The molecular weight excluding hydrogens is 339 g/mol. The van der Waals surface area contributed by atoms with E-state index in [4.69, 9.17) is 19.8 Å². The van der Waals surface area contributed by atoms with E-state index in [1.807, 2.05) is 37.3 Å². The summed E-state index contributed by atoms with van der Waals surface area (Å²) in [4.78, 5) is 4.59. The zero-order valence-electron chi connectivity index (χ0n) is 16.9. The summed E-state index contributed by atoms with van der Waals surface area (Å²) < 4.78 is 17.5. The second kappa shape index (κ2) is 7.02. The van der Waals surface area contributed by atoms with Gasteiger partial charge in [0.15, 0.2) is 0 Å². The quantitative estimate of drug-likeness (QED) is 0.510. The zero-order chi connectivity index (χ0) is 19.8. The van der Waals surface area contributed by atoms with Crippen LogP contribution in [0.2, 0.25) is 0 Å². The average Bonchev–Trinajstić information content (AvgIpc) is 2.82. The van der Waals surface area contributed by atoms with Crippen LogP contribution < -0.4 is 15.9 Å². The van der Waals surface area contributed by atoms with Crippen molar-refractivity contribution in [1.82, 2.24) is 0 Å². The molecule has 6 heteroatoms. The van der Waals surface area contributed by atoms with Crippen molar-refractivity contribution in [3.63, 3.8) is 0 Å². The van der Waals surface area contributed by atoms with E-state index >= 15 is 0 Å². The van der Waals surface area contributed by atoms with E-state index in [-0.39, 0.29) is 18.3 Å². The van der Waals surface area contributed by atoms with Crippen LogP contribution in [0.5, 0.6) is 5.75 Å². The van der Waals surface area contributed by atoms with Gasteiger partial charge in [-0.25, -0.2) is 0 Å². The topological polar surface area (TPSA) is 66.1 Å². The first-order chi connectivity index (χ1) is 12.6. The van der Waals surface area contributed by atoms with E-state index in [1.165, 1.54) is 0 Å². The van der Waals surface area contributed by atoms with Crippen LogP contribution in [0, 0.1) is 6.92 Å². The van der Waals surface area contributed by atoms with Gasteiger partial charge in [0.1, 0.15) is 5.75 Å². The van der Waals surface area contributed by atoms with E-state index in [0.717, 1.165) is 28.0 Å². The smallest absolute Gasteiger partial charge is 0.494 e. The Hall–Kier alpha value is -2.31. The van der Waals surface area contributed by atoms with E-state index in [0.29, 0.717) is 5.69 Å². The van der Waals surface area contributed by atoms with Crippen LogP contribution in [0.3, 0.4) is 0 Å². The molecule has 2 N–H and O–H groups in total. The number of nitrogen functional groups attached to an aromatic ring is 1. The number of hydrogen-bond donors (Lipinski definition) is 1. The minimum Gasteiger partial charge on any atom is -0.497 e. The fraction of sp³-hybridized carbons (Fsp3) is 0.381. The molecule has 0 spiro atoms. The fourth-order valence-corrected chi connectivity index (χ4v) is 2.88. The molecule has 142 valence electrons. The molecule has 0 amide bonds. The Morgan fingerprint density at radius 2 is 1.70 bits per heavy atom. The maximum Gasteiger partial charge on any atom is 0.494 e. The molecule has 1 saturated heterocycles. The SMILES string of the molecule is COc1ccc(N)c(C=Nc2ccc(B3OC(C)(C)C(C)(C)O3)cc2C)c1. The summed E-state index contributed by atoms with van der Waals surface area (Å²) in [6.07, 6.45) is 1.76. The summed E-state index contributed by atoms with van der Waals surface area (Å²) in [6.45, 7) is 10.2. The average molecular weight is 366 g/mol. The summed E-state index contributed by atoms with van der Waals surface area (Å²) in [5, 5.41) is 0. The number of benzene rings is 2. The molecule has 3 rings (SSSR count). The summed E-state index contributed by atoms with van der Waals surface area (Å²) in [5.74, 6) is 0.749. The van der Waals surface area contributed by atoms with Crippen LogP contribution in [-0.4, -0.2) is 31.6 Å². The van der Waals surface area contributed by atoms with Crippen molar-refractivity contribution >= 4 is 30.2 Å². The minimum absolute atomic E-state index is 0.355. The van der Waals surface area contributed by atoms with Crippen LogP contribution >= 0.6 is 0 Å². The van der Waals surface area contributed by atoms with Crippen LogP contribution in [0.4, 0.5) is 11.4 Å². The zero-order valence-corrected chi connectivity index (χ0v) is 16.9. The number of anilines is 1. The molecule has 0 bridgehead atoms. The van der Waals surface area contributed by atoms with E-state index < -0.39 is 0 Å². The number of aliphatic imine (C=N–C) groups is 1.